The predicted octanol–water partition coefficient (Wildman–Crippen LogP) is 4.00. The van der Waals surface area contributed by atoms with Gasteiger partial charge in [-0.3, -0.25) is 4.79 Å². The van der Waals surface area contributed by atoms with Crippen molar-refractivity contribution in [2.45, 2.75) is 5.16 Å². The molecule has 5 heteroatoms. The molecule has 3 aromatic rings. The molecule has 0 saturated heterocycles. The van der Waals surface area contributed by atoms with Crippen molar-refractivity contribution in [2.24, 2.45) is 0 Å². The first-order valence-electron chi connectivity index (χ1n) is 7.08. The Labute approximate surface area is 138 Å². The molecule has 1 aromatic heterocycles. The van der Waals surface area contributed by atoms with Gasteiger partial charge in [-0.05, 0) is 35.2 Å². The molecule has 1 amide bonds. The van der Waals surface area contributed by atoms with Crippen LogP contribution in [-0.2, 0) is 4.79 Å². The summed E-state index contributed by atoms with van der Waals surface area (Å²) in [7, 11) is 0. The Bertz CT molecular complexity index is 860. The van der Waals surface area contributed by atoms with Crippen LogP contribution in [0.4, 0.5) is 5.69 Å². The number of nitrogens with zero attached hydrogens (tertiary/aromatic N) is 2. The van der Waals surface area contributed by atoms with Crippen molar-refractivity contribution in [3.63, 3.8) is 0 Å². The second kappa shape index (κ2) is 7.07. The number of nitrogens with one attached hydrogen (secondary N) is 1. The van der Waals surface area contributed by atoms with E-state index in [4.69, 9.17) is 0 Å². The normalized spacial score (nSPS) is 11.0. The van der Waals surface area contributed by atoms with Gasteiger partial charge in [-0.2, -0.15) is 0 Å². The van der Waals surface area contributed by atoms with Gasteiger partial charge < -0.3 is 5.32 Å². The van der Waals surface area contributed by atoms with E-state index in [2.05, 4.69) is 15.3 Å². The fourth-order valence-corrected chi connectivity index (χ4v) is 2.46. The number of aromatic nitrogens is 2. The number of thioether (sulfide) groups is 1. The Morgan fingerprint density at radius 2 is 1.83 bits per heavy atom. The van der Waals surface area contributed by atoms with E-state index in [0.29, 0.717) is 5.16 Å². The fraction of sp³-hybridized carbons (Fsp3) is 0.0556. The number of rotatable bonds is 4. The summed E-state index contributed by atoms with van der Waals surface area (Å²) in [6.07, 6.45) is 8.48. The van der Waals surface area contributed by atoms with Crippen molar-refractivity contribution in [3.8, 4) is 0 Å². The summed E-state index contributed by atoms with van der Waals surface area (Å²) in [6.45, 7) is 0. The van der Waals surface area contributed by atoms with E-state index in [1.807, 2.05) is 48.7 Å². The van der Waals surface area contributed by atoms with Gasteiger partial charge in [0.05, 0.1) is 0 Å². The largest absolute Gasteiger partial charge is 0.322 e. The van der Waals surface area contributed by atoms with Crippen molar-refractivity contribution in [1.82, 2.24) is 9.97 Å². The van der Waals surface area contributed by atoms with Crippen molar-refractivity contribution in [1.29, 1.82) is 0 Å². The maximum absolute atomic E-state index is 12.0. The molecule has 0 aliphatic heterocycles. The van der Waals surface area contributed by atoms with Gasteiger partial charge in [0.1, 0.15) is 0 Å². The third kappa shape index (κ3) is 3.96. The molecule has 0 fully saturated rings. The summed E-state index contributed by atoms with van der Waals surface area (Å²) >= 11 is 1.48. The van der Waals surface area contributed by atoms with Gasteiger partial charge in [-0.1, -0.05) is 42.1 Å². The molecule has 4 nitrogen and oxygen atoms in total. The number of fused-ring (bicyclic) bond motifs is 1. The summed E-state index contributed by atoms with van der Waals surface area (Å²) < 4.78 is 0. The van der Waals surface area contributed by atoms with Crippen LogP contribution in [0.25, 0.3) is 16.8 Å². The highest BCUT2D eigenvalue weighted by Gasteiger charge is 2.00. The van der Waals surface area contributed by atoms with Gasteiger partial charge in [-0.25, -0.2) is 9.97 Å². The van der Waals surface area contributed by atoms with Gasteiger partial charge >= 0.3 is 0 Å². The zero-order valence-corrected chi connectivity index (χ0v) is 13.4. The quantitative estimate of drug-likeness (QED) is 0.448. The lowest BCUT2D eigenvalue weighted by atomic mass is 10.1. The van der Waals surface area contributed by atoms with Crippen molar-refractivity contribution in [3.05, 3.63) is 66.5 Å². The minimum Gasteiger partial charge on any atom is -0.322 e. The molecule has 0 atom stereocenters. The lowest BCUT2D eigenvalue weighted by Gasteiger charge is -2.04. The molecular weight excluding hydrogens is 306 g/mol. The number of hydrogen-bond acceptors (Lipinski definition) is 4. The lowest BCUT2D eigenvalue weighted by Crippen LogP contribution is -2.07. The number of carbonyl (C=O) groups is 1. The zero-order chi connectivity index (χ0) is 16.1. The first-order chi connectivity index (χ1) is 11.2. The number of benzene rings is 2. The maximum atomic E-state index is 12.0. The van der Waals surface area contributed by atoms with Gasteiger partial charge in [-0.15, -0.1) is 0 Å². The molecule has 0 unspecified atom stereocenters. The molecule has 23 heavy (non-hydrogen) atoms. The topological polar surface area (TPSA) is 54.9 Å². The van der Waals surface area contributed by atoms with Crippen LogP contribution in [0.15, 0.2) is 66.1 Å². The molecule has 1 heterocycles. The van der Waals surface area contributed by atoms with Crippen LogP contribution in [0.5, 0.6) is 0 Å². The molecule has 1 N–H and O–H groups in total. The number of hydrogen-bond donors (Lipinski definition) is 1. The highest BCUT2D eigenvalue weighted by molar-refractivity contribution is 7.98. The van der Waals surface area contributed by atoms with Crippen LogP contribution < -0.4 is 5.32 Å². The molecule has 0 aliphatic carbocycles. The molecule has 0 bridgehead atoms. The Morgan fingerprint density at radius 3 is 2.57 bits per heavy atom. The molecule has 3 rings (SSSR count). The van der Waals surface area contributed by atoms with E-state index in [9.17, 15) is 4.79 Å². The lowest BCUT2D eigenvalue weighted by molar-refractivity contribution is -0.111. The molecule has 0 spiro atoms. The zero-order valence-electron chi connectivity index (χ0n) is 12.6. The summed E-state index contributed by atoms with van der Waals surface area (Å²) in [5.74, 6) is -0.186. The Morgan fingerprint density at radius 1 is 1.09 bits per heavy atom. The fourth-order valence-electron chi connectivity index (χ4n) is 2.14. The summed E-state index contributed by atoms with van der Waals surface area (Å²) in [6, 6.07) is 13.9. The van der Waals surface area contributed by atoms with E-state index in [0.717, 1.165) is 22.0 Å². The molecule has 0 radical (unpaired) electrons. The number of anilines is 1. The number of carbonyl (C=O) groups excluding carboxylic acids is 1. The van der Waals surface area contributed by atoms with E-state index in [-0.39, 0.29) is 5.91 Å². The summed E-state index contributed by atoms with van der Waals surface area (Å²) in [5.41, 5.74) is 1.56. The Balaban J connectivity index is 1.68. The first kappa shape index (κ1) is 15.2. The van der Waals surface area contributed by atoms with Gasteiger partial charge in [0.2, 0.25) is 5.91 Å². The monoisotopic (exact) mass is 321 g/mol. The standard InChI is InChI=1S/C18H15N3OS/c1-23-18-19-11-13(12-20-18)6-9-17(22)21-16-8-7-14-4-2-3-5-15(14)10-16/h2-12H,1H3,(H,21,22)/b9-6+. The number of amides is 1. The minimum atomic E-state index is -0.186. The van der Waals surface area contributed by atoms with Gasteiger partial charge in [0.25, 0.3) is 0 Å². The smallest absolute Gasteiger partial charge is 0.248 e. The van der Waals surface area contributed by atoms with Crippen LogP contribution in [-0.4, -0.2) is 22.1 Å². The van der Waals surface area contributed by atoms with Crippen LogP contribution in [0.1, 0.15) is 5.56 Å². The van der Waals surface area contributed by atoms with Crippen molar-refractivity contribution in [2.75, 3.05) is 11.6 Å². The SMILES string of the molecule is CSc1ncc(/C=C/C(=O)Nc2ccc3ccccc3c2)cn1. The minimum absolute atomic E-state index is 0.186. The highest BCUT2D eigenvalue weighted by Crippen LogP contribution is 2.18. The van der Waals surface area contributed by atoms with E-state index >= 15 is 0 Å². The Kier molecular flexibility index (Phi) is 4.68. The first-order valence-corrected chi connectivity index (χ1v) is 8.31. The second-order valence-corrected chi connectivity index (χ2v) is 5.66. The maximum Gasteiger partial charge on any atom is 0.248 e. The average Bonchev–Trinajstić information content (AvgIpc) is 2.60. The van der Waals surface area contributed by atoms with Crippen molar-refractivity contribution >= 4 is 40.2 Å². The third-order valence-corrected chi connectivity index (χ3v) is 3.85. The van der Waals surface area contributed by atoms with E-state index in [1.54, 1.807) is 18.5 Å². The van der Waals surface area contributed by atoms with Crippen LogP contribution in [0.2, 0.25) is 0 Å². The van der Waals surface area contributed by atoms with Crippen LogP contribution in [0.3, 0.4) is 0 Å². The predicted molar refractivity (Wildman–Crippen MR) is 95.4 cm³/mol. The Hall–Kier alpha value is -2.66. The van der Waals surface area contributed by atoms with Crippen LogP contribution >= 0.6 is 11.8 Å². The average molecular weight is 321 g/mol. The molecule has 0 aliphatic rings. The summed E-state index contributed by atoms with van der Waals surface area (Å²) in [4.78, 5) is 20.3. The molecule has 114 valence electrons. The second-order valence-electron chi connectivity index (χ2n) is 4.89. The van der Waals surface area contributed by atoms with Crippen molar-refractivity contribution < 1.29 is 4.79 Å². The molecule has 2 aromatic carbocycles. The highest BCUT2D eigenvalue weighted by atomic mass is 32.2. The van der Waals surface area contributed by atoms with E-state index < -0.39 is 0 Å². The third-order valence-electron chi connectivity index (χ3n) is 3.27. The molecule has 0 saturated carbocycles. The molecular formula is C18H15N3OS. The van der Waals surface area contributed by atoms with Gasteiger partial charge in [0.15, 0.2) is 5.16 Å². The summed E-state index contributed by atoms with van der Waals surface area (Å²) in [5, 5.41) is 5.81. The van der Waals surface area contributed by atoms with Crippen LogP contribution in [0, 0.1) is 0 Å². The van der Waals surface area contributed by atoms with E-state index in [1.165, 1.54) is 17.8 Å². The van der Waals surface area contributed by atoms with Gasteiger partial charge in [0, 0.05) is 29.7 Å².